The fourth-order valence-electron chi connectivity index (χ4n) is 2.01. The summed E-state index contributed by atoms with van der Waals surface area (Å²) >= 11 is 5.63. The van der Waals surface area contributed by atoms with Gasteiger partial charge in [0.25, 0.3) is 0 Å². The number of ketones is 1. The van der Waals surface area contributed by atoms with Crippen molar-refractivity contribution in [2.75, 3.05) is 0 Å². The van der Waals surface area contributed by atoms with Crippen LogP contribution in [0.1, 0.15) is 27.0 Å². The van der Waals surface area contributed by atoms with Crippen LogP contribution >= 0.6 is 11.6 Å². The van der Waals surface area contributed by atoms with Crippen LogP contribution in [0.2, 0.25) is 5.02 Å². The summed E-state index contributed by atoms with van der Waals surface area (Å²) in [4.78, 5) is 12.2. The topological polar surface area (TPSA) is 17.1 Å². The molecular weight excluding hydrogens is 270 g/mol. The summed E-state index contributed by atoms with van der Waals surface area (Å²) in [6, 6.07) is 6.65. The Balaban J connectivity index is 2.56. The van der Waals surface area contributed by atoms with Crippen LogP contribution in [-0.2, 0) is 0 Å². The third-order valence-electron chi connectivity index (χ3n) is 2.83. The van der Waals surface area contributed by atoms with Gasteiger partial charge in [0.05, 0.1) is 11.1 Å². The number of hydrogen-bond donors (Lipinski definition) is 0. The van der Waals surface area contributed by atoms with Crippen LogP contribution in [0.5, 0.6) is 0 Å². The lowest BCUT2D eigenvalue weighted by atomic mass is 9.96. The standard InChI is InChI=1S/C15H11ClF2O/c1-8-5-9(2)14(13(18)6-8)15(19)11-4-3-10(16)7-12(11)17/h3-7H,1-2H3. The minimum Gasteiger partial charge on any atom is -0.288 e. The summed E-state index contributed by atoms with van der Waals surface area (Å²) in [5, 5.41) is 0.190. The van der Waals surface area contributed by atoms with Crippen molar-refractivity contribution < 1.29 is 13.6 Å². The van der Waals surface area contributed by atoms with Crippen molar-refractivity contribution in [3.63, 3.8) is 0 Å². The Labute approximate surface area is 114 Å². The third kappa shape index (κ3) is 2.66. The van der Waals surface area contributed by atoms with E-state index in [-0.39, 0.29) is 16.1 Å². The first kappa shape index (κ1) is 13.7. The first-order valence-electron chi connectivity index (χ1n) is 5.66. The number of benzene rings is 2. The molecule has 4 heteroatoms. The first-order chi connectivity index (χ1) is 8.90. The molecule has 0 aliphatic heterocycles. The molecule has 19 heavy (non-hydrogen) atoms. The monoisotopic (exact) mass is 280 g/mol. The van der Waals surface area contributed by atoms with Crippen molar-refractivity contribution in [2.24, 2.45) is 0 Å². The maximum atomic E-state index is 13.9. The summed E-state index contributed by atoms with van der Waals surface area (Å²) in [7, 11) is 0. The quantitative estimate of drug-likeness (QED) is 0.742. The Morgan fingerprint density at radius 2 is 1.74 bits per heavy atom. The zero-order valence-corrected chi connectivity index (χ0v) is 11.2. The lowest BCUT2D eigenvalue weighted by Gasteiger charge is -2.09. The lowest BCUT2D eigenvalue weighted by molar-refractivity contribution is 0.103. The maximum Gasteiger partial charge on any atom is 0.199 e. The highest BCUT2D eigenvalue weighted by Crippen LogP contribution is 2.22. The van der Waals surface area contributed by atoms with E-state index in [1.807, 2.05) is 0 Å². The summed E-state index contributed by atoms with van der Waals surface area (Å²) in [5.74, 6) is -2.07. The van der Waals surface area contributed by atoms with E-state index < -0.39 is 17.4 Å². The van der Waals surface area contributed by atoms with Crippen LogP contribution in [0.4, 0.5) is 8.78 Å². The van der Waals surface area contributed by atoms with Crippen LogP contribution in [-0.4, -0.2) is 5.78 Å². The molecule has 0 spiro atoms. The van der Waals surface area contributed by atoms with Gasteiger partial charge in [0, 0.05) is 5.02 Å². The molecule has 0 unspecified atom stereocenters. The molecule has 0 saturated heterocycles. The Hall–Kier alpha value is -1.74. The normalized spacial score (nSPS) is 10.6. The van der Waals surface area contributed by atoms with Gasteiger partial charge >= 0.3 is 0 Å². The fraction of sp³-hybridized carbons (Fsp3) is 0.133. The largest absolute Gasteiger partial charge is 0.288 e. The van der Waals surface area contributed by atoms with Gasteiger partial charge in [0.1, 0.15) is 11.6 Å². The van der Waals surface area contributed by atoms with E-state index in [1.165, 1.54) is 18.2 Å². The van der Waals surface area contributed by atoms with Gasteiger partial charge < -0.3 is 0 Å². The Kier molecular flexibility index (Phi) is 3.67. The maximum absolute atomic E-state index is 13.9. The number of carbonyl (C=O) groups is 1. The van der Waals surface area contributed by atoms with Crippen LogP contribution < -0.4 is 0 Å². The van der Waals surface area contributed by atoms with Gasteiger partial charge in [-0.15, -0.1) is 0 Å². The summed E-state index contributed by atoms with van der Waals surface area (Å²) in [6.07, 6.45) is 0. The molecule has 98 valence electrons. The van der Waals surface area contributed by atoms with Crippen molar-refractivity contribution >= 4 is 17.4 Å². The second kappa shape index (κ2) is 5.10. The molecule has 1 nitrogen and oxygen atoms in total. The molecule has 0 fully saturated rings. The van der Waals surface area contributed by atoms with Crippen molar-refractivity contribution in [1.82, 2.24) is 0 Å². The fourth-order valence-corrected chi connectivity index (χ4v) is 2.17. The molecule has 0 atom stereocenters. The highest BCUT2D eigenvalue weighted by Gasteiger charge is 2.20. The SMILES string of the molecule is Cc1cc(C)c(C(=O)c2ccc(Cl)cc2F)c(F)c1. The summed E-state index contributed by atoms with van der Waals surface area (Å²) in [6.45, 7) is 3.35. The van der Waals surface area contributed by atoms with Gasteiger partial charge in [-0.25, -0.2) is 8.78 Å². The highest BCUT2D eigenvalue weighted by molar-refractivity contribution is 6.30. The van der Waals surface area contributed by atoms with Crippen LogP contribution in [0.3, 0.4) is 0 Å². The molecule has 2 aromatic rings. The molecule has 2 aromatic carbocycles. The summed E-state index contributed by atoms with van der Waals surface area (Å²) in [5.41, 5.74) is 0.905. The van der Waals surface area contributed by atoms with Crippen molar-refractivity contribution in [1.29, 1.82) is 0 Å². The van der Waals surface area contributed by atoms with E-state index in [0.29, 0.717) is 11.1 Å². The second-order valence-corrected chi connectivity index (χ2v) is 4.83. The van der Waals surface area contributed by atoms with Crippen molar-refractivity contribution in [2.45, 2.75) is 13.8 Å². The zero-order valence-electron chi connectivity index (χ0n) is 10.4. The van der Waals surface area contributed by atoms with Gasteiger partial charge in [0.15, 0.2) is 5.78 Å². The van der Waals surface area contributed by atoms with Gasteiger partial charge in [0.2, 0.25) is 0 Å². The highest BCUT2D eigenvalue weighted by atomic mass is 35.5. The number of rotatable bonds is 2. The molecular formula is C15H11ClF2O. The number of hydrogen-bond acceptors (Lipinski definition) is 1. The van der Waals surface area contributed by atoms with Gasteiger partial charge in [-0.2, -0.15) is 0 Å². The van der Waals surface area contributed by atoms with E-state index >= 15 is 0 Å². The van der Waals surface area contributed by atoms with Crippen molar-refractivity contribution in [3.8, 4) is 0 Å². The molecule has 0 aliphatic carbocycles. The van der Waals surface area contributed by atoms with E-state index in [4.69, 9.17) is 11.6 Å². The lowest BCUT2D eigenvalue weighted by Crippen LogP contribution is -2.09. The van der Waals surface area contributed by atoms with Crippen LogP contribution in [0.15, 0.2) is 30.3 Å². The van der Waals surface area contributed by atoms with Crippen molar-refractivity contribution in [3.05, 3.63) is 69.2 Å². The Morgan fingerprint density at radius 3 is 2.32 bits per heavy atom. The smallest absolute Gasteiger partial charge is 0.199 e. The Bertz CT molecular complexity index is 642. The molecule has 2 rings (SSSR count). The molecule has 0 N–H and O–H groups in total. The van der Waals surface area contributed by atoms with Gasteiger partial charge in [-0.1, -0.05) is 17.7 Å². The van der Waals surface area contributed by atoms with Crippen LogP contribution in [0.25, 0.3) is 0 Å². The number of carbonyl (C=O) groups excluding carboxylic acids is 1. The minimum atomic E-state index is -0.753. The zero-order chi connectivity index (χ0) is 14.2. The van der Waals surface area contributed by atoms with E-state index in [1.54, 1.807) is 19.9 Å². The summed E-state index contributed by atoms with van der Waals surface area (Å²) < 4.78 is 27.6. The minimum absolute atomic E-state index is 0.105. The molecule has 0 aliphatic rings. The van der Waals surface area contributed by atoms with Gasteiger partial charge in [-0.05, 0) is 49.2 Å². The average Bonchev–Trinajstić information content (AvgIpc) is 2.26. The van der Waals surface area contributed by atoms with Crippen LogP contribution in [0, 0.1) is 25.5 Å². The molecule has 0 bridgehead atoms. The number of halogens is 3. The van der Waals surface area contributed by atoms with E-state index in [2.05, 4.69) is 0 Å². The molecule has 0 radical (unpaired) electrons. The second-order valence-electron chi connectivity index (χ2n) is 4.39. The Morgan fingerprint density at radius 1 is 1.05 bits per heavy atom. The van der Waals surface area contributed by atoms with E-state index in [0.717, 1.165) is 6.07 Å². The average molecular weight is 281 g/mol. The predicted octanol–water partition coefficient (Wildman–Crippen LogP) is 4.47. The third-order valence-corrected chi connectivity index (χ3v) is 3.07. The van der Waals surface area contributed by atoms with Gasteiger partial charge in [-0.3, -0.25) is 4.79 Å². The molecule has 0 amide bonds. The first-order valence-corrected chi connectivity index (χ1v) is 6.04. The molecule has 0 saturated carbocycles. The molecule has 0 heterocycles. The van der Waals surface area contributed by atoms with E-state index in [9.17, 15) is 13.6 Å². The number of aryl methyl sites for hydroxylation is 2. The molecule has 0 aromatic heterocycles. The predicted molar refractivity (Wildman–Crippen MR) is 70.7 cm³/mol.